The van der Waals surface area contributed by atoms with Crippen molar-refractivity contribution < 1.29 is 4.79 Å². The number of benzene rings is 3. The lowest BCUT2D eigenvalue weighted by Gasteiger charge is -2.12. The number of hydrogen-bond acceptors (Lipinski definition) is 5. The number of fused-ring (bicyclic) bond motifs is 3. The smallest absolute Gasteiger partial charge is 0.263 e. The van der Waals surface area contributed by atoms with E-state index in [-0.39, 0.29) is 17.2 Å². The number of carbonyl (C=O) groups is 1. The van der Waals surface area contributed by atoms with Crippen molar-refractivity contribution in [1.82, 2.24) is 19.2 Å². The average Bonchev–Trinajstić information content (AvgIpc) is 3.27. The monoisotopic (exact) mass is 469 g/mol. The van der Waals surface area contributed by atoms with Crippen LogP contribution in [0.15, 0.2) is 82.7 Å². The first-order chi connectivity index (χ1) is 16.5. The Morgan fingerprint density at radius 1 is 0.971 bits per heavy atom. The second-order valence-corrected chi connectivity index (χ2v) is 9.11. The Hall–Kier alpha value is -3.91. The van der Waals surface area contributed by atoms with E-state index in [9.17, 15) is 9.59 Å². The molecule has 1 amide bonds. The lowest BCUT2D eigenvalue weighted by atomic mass is 10.1. The summed E-state index contributed by atoms with van der Waals surface area (Å²) in [6, 6.07) is 23.1. The second kappa shape index (κ2) is 9.15. The molecule has 0 saturated heterocycles. The summed E-state index contributed by atoms with van der Waals surface area (Å²) in [5.41, 5.74) is 4.55. The molecule has 5 aromatic rings. The van der Waals surface area contributed by atoms with Gasteiger partial charge in [0.15, 0.2) is 5.16 Å². The van der Waals surface area contributed by atoms with E-state index in [0.717, 1.165) is 22.4 Å². The molecule has 3 aromatic carbocycles. The summed E-state index contributed by atoms with van der Waals surface area (Å²) < 4.78 is 3.49. The summed E-state index contributed by atoms with van der Waals surface area (Å²) >= 11 is 1.29. The van der Waals surface area contributed by atoms with Crippen molar-refractivity contribution in [2.75, 3.05) is 11.1 Å². The van der Waals surface area contributed by atoms with Crippen LogP contribution in [0.3, 0.4) is 0 Å². The van der Waals surface area contributed by atoms with Crippen molar-refractivity contribution >= 4 is 40.0 Å². The molecule has 0 bridgehead atoms. The first kappa shape index (κ1) is 21.9. The third-order valence-electron chi connectivity index (χ3n) is 5.65. The molecule has 7 nitrogen and oxygen atoms in total. The first-order valence-electron chi connectivity index (χ1n) is 10.9. The van der Waals surface area contributed by atoms with Gasteiger partial charge in [-0.15, -0.1) is 10.2 Å². The number of hydrogen-bond donors (Lipinski definition) is 1. The van der Waals surface area contributed by atoms with Crippen LogP contribution in [0.4, 0.5) is 5.69 Å². The fourth-order valence-electron chi connectivity index (χ4n) is 4.01. The topological polar surface area (TPSA) is 81.3 Å². The Morgan fingerprint density at radius 2 is 1.74 bits per heavy atom. The van der Waals surface area contributed by atoms with Gasteiger partial charge in [-0.1, -0.05) is 71.9 Å². The largest absolute Gasteiger partial charge is 0.325 e. The molecular formula is C26H23N5O2S. The molecule has 0 saturated carbocycles. The minimum absolute atomic E-state index is 0.122. The van der Waals surface area contributed by atoms with Crippen molar-refractivity contribution in [1.29, 1.82) is 0 Å². The van der Waals surface area contributed by atoms with Gasteiger partial charge in [0.25, 0.3) is 5.56 Å². The van der Waals surface area contributed by atoms with Crippen LogP contribution in [0.5, 0.6) is 0 Å². The fraction of sp³-hybridized carbons (Fsp3) is 0.154. The molecule has 1 N–H and O–H groups in total. The van der Waals surface area contributed by atoms with Crippen LogP contribution in [0.2, 0.25) is 0 Å². The number of anilines is 1. The maximum absolute atomic E-state index is 13.3. The van der Waals surface area contributed by atoms with E-state index in [0.29, 0.717) is 28.4 Å². The Kier molecular flexibility index (Phi) is 5.90. The molecule has 0 unspecified atom stereocenters. The van der Waals surface area contributed by atoms with Gasteiger partial charge in [0.1, 0.15) is 0 Å². The number of rotatable bonds is 6. The van der Waals surface area contributed by atoms with Crippen LogP contribution in [0.1, 0.15) is 16.7 Å². The van der Waals surface area contributed by atoms with Gasteiger partial charge < -0.3 is 5.32 Å². The lowest BCUT2D eigenvalue weighted by molar-refractivity contribution is -0.113. The Bertz CT molecular complexity index is 1570. The molecule has 0 spiro atoms. The normalized spacial score (nSPS) is 11.2. The lowest BCUT2D eigenvalue weighted by Crippen LogP contribution is -2.24. The van der Waals surface area contributed by atoms with Crippen molar-refractivity contribution in [3.05, 3.63) is 99.8 Å². The van der Waals surface area contributed by atoms with E-state index >= 15 is 0 Å². The molecule has 0 fully saturated rings. The molecule has 34 heavy (non-hydrogen) atoms. The van der Waals surface area contributed by atoms with Crippen molar-refractivity contribution in [3.8, 4) is 0 Å². The highest BCUT2D eigenvalue weighted by atomic mass is 32.2. The number of carbonyl (C=O) groups excluding carboxylic acids is 1. The fourth-order valence-corrected chi connectivity index (χ4v) is 4.75. The third-order valence-corrected chi connectivity index (χ3v) is 6.58. The van der Waals surface area contributed by atoms with Crippen molar-refractivity contribution in [2.24, 2.45) is 0 Å². The number of amides is 1. The molecule has 0 aliphatic heterocycles. The van der Waals surface area contributed by atoms with E-state index < -0.39 is 0 Å². The van der Waals surface area contributed by atoms with Crippen molar-refractivity contribution in [2.45, 2.75) is 25.5 Å². The summed E-state index contributed by atoms with van der Waals surface area (Å²) in [5.74, 6) is 0.487. The number of para-hydroxylation sites is 1. The van der Waals surface area contributed by atoms with Crippen LogP contribution >= 0.6 is 11.8 Å². The van der Waals surface area contributed by atoms with Gasteiger partial charge in [0.05, 0.1) is 23.2 Å². The molecule has 0 atom stereocenters. The molecule has 2 heterocycles. The van der Waals surface area contributed by atoms with Gasteiger partial charge in [-0.3, -0.25) is 18.6 Å². The van der Waals surface area contributed by atoms with E-state index in [1.54, 1.807) is 10.6 Å². The number of aryl methyl sites for hydroxylation is 2. The molecule has 0 radical (unpaired) electrons. The minimum atomic E-state index is -0.129. The van der Waals surface area contributed by atoms with Gasteiger partial charge >= 0.3 is 0 Å². The number of aromatic nitrogens is 4. The summed E-state index contributed by atoms with van der Waals surface area (Å²) in [7, 11) is 0. The number of nitrogens with one attached hydrogen (secondary N) is 1. The summed E-state index contributed by atoms with van der Waals surface area (Å²) in [6.45, 7) is 4.37. The van der Waals surface area contributed by atoms with E-state index in [2.05, 4.69) is 15.5 Å². The van der Waals surface area contributed by atoms with Crippen LogP contribution < -0.4 is 10.9 Å². The summed E-state index contributed by atoms with van der Waals surface area (Å²) in [6.07, 6.45) is 0. The van der Waals surface area contributed by atoms with Gasteiger partial charge in [-0.05, 0) is 43.2 Å². The quantitative estimate of drug-likeness (QED) is 0.372. The number of nitrogens with zero attached hydrogens (tertiary/aromatic N) is 4. The molecule has 0 aliphatic carbocycles. The third kappa shape index (κ3) is 4.20. The molecule has 2 aromatic heterocycles. The van der Waals surface area contributed by atoms with Crippen molar-refractivity contribution in [3.63, 3.8) is 0 Å². The standard InChI is InChI=1S/C26H23N5O2S/c1-17-12-13-21(18(2)14-17)27-23(32)16-34-26-29-28-25-30(15-19-8-4-3-5-9-19)24(33)20-10-6-7-11-22(20)31(25)26/h3-14H,15-16H2,1-2H3,(H,27,32). The second-order valence-electron chi connectivity index (χ2n) is 8.17. The highest BCUT2D eigenvalue weighted by Crippen LogP contribution is 2.23. The SMILES string of the molecule is Cc1ccc(NC(=O)CSc2nnc3n(Cc4ccccc4)c(=O)c4ccccc4n23)c(C)c1. The highest BCUT2D eigenvalue weighted by Gasteiger charge is 2.18. The predicted molar refractivity (Wildman–Crippen MR) is 136 cm³/mol. The molecule has 5 rings (SSSR count). The molecular weight excluding hydrogens is 446 g/mol. The summed E-state index contributed by atoms with van der Waals surface area (Å²) in [4.78, 5) is 26.0. The van der Waals surface area contributed by atoms with Crippen LogP contribution in [0, 0.1) is 13.8 Å². The van der Waals surface area contributed by atoms with Gasteiger partial charge in [-0.25, -0.2) is 0 Å². The van der Waals surface area contributed by atoms with Gasteiger partial charge in [0, 0.05) is 5.69 Å². The Balaban J connectivity index is 1.49. The van der Waals surface area contributed by atoms with Crippen LogP contribution in [0.25, 0.3) is 16.7 Å². The maximum atomic E-state index is 13.3. The predicted octanol–water partition coefficient (Wildman–Crippen LogP) is 4.44. The maximum Gasteiger partial charge on any atom is 0.263 e. The Labute approximate surface area is 200 Å². The van der Waals surface area contributed by atoms with Gasteiger partial charge in [-0.2, -0.15) is 0 Å². The first-order valence-corrected chi connectivity index (χ1v) is 11.9. The molecule has 0 aliphatic rings. The zero-order chi connectivity index (χ0) is 23.7. The van der Waals surface area contributed by atoms with Crippen LogP contribution in [-0.4, -0.2) is 30.8 Å². The number of thioether (sulfide) groups is 1. The zero-order valence-corrected chi connectivity index (χ0v) is 19.7. The van der Waals surface area contributed by atoms with E-state index in [1.165, 1.54) is 11.8 Å². The Morgan fingerprint density at radius 3 is 2.53 bits per heavy atom. The molecule has 8 heteroatoms. The minimum Gasteiger partial charge on any atom is -0.325 e. The zero-order valence-electron chi connectivity index (χ0n) is 18.9. The molecule has 170 valence electrons. The summed E-state index contributed by atoms with van der Waals surface area (Å²) in [5, 5.41) is 12.8. The highest BCUT2D eigenvalue weighted by molar-refractivity contribution is 7.99. The average molecular weight is 470 g/mol. The van der Waals surface area contributed by atoms with E-state index in [4.69, 9.17) is 0 Å². The van der Waals surface area contributed by atoms with E-state index in [1.807, 2.05) is 85.0 Å². The van der Waals surface area contributed by atoms with Crippen LogP contribution in [-0.2, 0) is 11.3 Å². The van der Waals surface area contributed by atoms with Gasteiger partial charge in [0.2, 0.25) is 11.7 Å².